The van der Waals surface area contributed by atoms with Crippen molar-refractivity contribution in [1.82, 2.24) is 20.1 Å². The highest BCUT2D eigenvalue weighted by molar-refractivity contribution is 5.39. The van der Waals surface area contributed by atoms with Crippen molar-refractivity contribution in [2.24, 2.45) is 7.05 Å². The van der Waals surface area contributed by atoms with Gasteiger partial charge in [0, 0.05) is 45.1 Å². The number of rotatable bonds is 7. The lowest BCUT2D eigenvalue weighted by atomic mass is 10.2. The Labute approximate surface area is 120 Å². The molecule has 0 spiro atoms. The molecule has 0 atom stereocenters. The van der Waals surface area contributed by atoms with E-state index >= 15 is 0 Å². The monoisotopic (exact) mass is 273 g/mol. The largest absolute Gasteiger partial charge is 0.355 e. The fraction of sp³-hybridized carbons (Fsp3) is 0.467. The minimum Gasteiger partial charge on any atom is -0.355 e. The van der Waals surface area contributed by atoms with E-state index in [1.165, 1.54) is 11.1 Å². The molecule has 0 amide bonds. The molecule has 0 aliphatic rings. The Balaban J connectivity index is 1.91. The van der Waals surface area contributed by atoms with Crippen LogP contribution in [0.4, 0.5) is 5.82 Å². The van der Waals surface area contributed by atoms with Gasteiger partial charge in [0.2, 0.25) is 0 Å². The molecular weight excluding hydrogens is 250 g/mol. The summed E-state index contributed by atoms with van der Waals surface area (Å²) in [6.45, 7) is 4.91. The molecule has 0 aromatic carbocycles. The third-order valence-electron chi connectivity index (χ3n) is 3.13. The van der Waals surface area contributed by atoms with E-state index < -0.39 is 0 Å². The molecule has 108 valence electrons. The van der Waals surface area contributed by atoms with Crippen LogP contribution in [-0.4, -0.2) is 28.4 Å². The number of aromatic nitrogens is 3. The van der Waals surface area contributed by atoms with Crippen molar-refractivity contribution in [2.45, 2.75) is 26.4 Å². The maximum atomic E-state index is 4.52. The highest BCUT2D eigenvalue weighted by atomic mass is 15.2. The number of anilines is 1. The summed E-state index contributed by atoms with van der Waals surface area (Å²) in [7, 11) is 3.98. The molecule has 0 saturated carbocycles. The number of hydrogen-bond donors (Lipinski definition) is 1. The third kappa shape index (κ3) is 4.06. The topological polar surface area (TPSA) is 46.0 Å². The highest BCUT2D eigenvalue weighted by Crippen LogP contribution is 2.12. The van der Waals surface area contributed by atoms with Crippen LogP contribution in [0.25, 0.3) is 0 Å². The Bertz CT molecular complexity index is 517. The van der Waals surface area contributed by atoms with Gasteiger partial charge >= 0.3 is 0 Å². The lowest BCUT2D eigenvalue weighted by molar-refractivity contribution is 0.673. The van der Waals surface area contributed by atoms with Crippen LogP contribution in [0.2, 0.25) is 0 Å². The smallest absolute Gasteiger partial charge is 0.128 e. The van der Waals surface area contributed by atoms with Gasteiger partial charge in [0.25, 0.3) is 0 Å². The van der Waals surface area contributed by atoms with Gasteiger partial charge in [0.15, 0.2) is 0 Å². The fourth-order valence-corrected chi connectivity index (χ4v) is 2.06. The third-order valence-corrected chi connectivity index (χ3v) is 3.13. The summed E-state index contributed by atoms with van der Waals surface area (Å²) in [5.74, 6) is 0.980. The maximum absolute atomic E-state index is 4.52. The summed E-state index contributed by atoms with van der Waals surface area (Å²) in [6, 6.07) is 4.20. The minimum absolute atomic E-state index is 0.814. The second-order valence-electron chi connectivity index (χ2n) is 5.08. The van der Waals surface area contributed by atoms with Gasteiger partial charge in [-0.15, -0.1) is 0 Å². The molecule has 0 bridgehead atoms. The van der Waals surface area contributed by atoms with Gasteiger partial charge in [-0.2, -0.15) is 5.10 Å². The van der Waals surface area contributed by atoms with Crippen LogP contribution in [0.1, 0.15) is 24.5 Å². The predicted octanol–water partition coefficient (Wildman–Crippen LogP) is 1.95. The number of nitrogens with zero attached hydrogens (tertiary/aromatic N) is 4. The molecule has 5 heteroatoms. The predicted molar refractivity (Wildman–Crippen MR) is 81.5 cm³/mol. The first-order valence-electron chi connectivity index (χ1n) is 7.03. The summed E-state index contributed by atoms with van der Waals surface area (Å²) in [6.07, 6.45) is 7.01. The standard InChI is InChI=1S/C15H23N5/c1-4-7-16-8-13-5-6-15(17-9-13)19(2)11-14-10-18-20(3)12-14/h5-6,9-10,12,16H,4,7-8,11H2,1-3H3. The van der Waals surface area contributed by atoms with Crippen LogP contribution in [0.15, 0.2) is 30.7 Å². The van der Waals surface area contributed by atoms with Gasteiger partial charge < -0.3 is 10.2 Å². The second kappa shape index (κ2) is 7.05. The quantitative estimate of drug-likeness (QED) is 0.783. The van der Waals surface area contributed by atoms with Gasteiger partial charge in [-0.05, 0) is 24.6 Å². The van der Waals surface area contributed by atoms with Crippen molar-refractivity contribution in [2.75, 3.05) is 18.5 Å². The summed E-state index contributed by atoms with van der Waals surface area (Å²) in [4.78, 5) is 6.64. The number of hydrogen-bond acceptors (Lipinski definition) is 4. The SMILES string of the molecule is CCCNCc1ccc(N(C)Cc2cnn(C)c2)nc1. The molecule has 20 heavy (non-hydrogen) atoms. The van der Waals surface area contributed by atoms with E-state index in [1.807, 2.05) is 37.4 Å². The van der Waals surface area contributed by atoms with Crippen LogP contribution < -0.4 is 10.2 Å². The molecule has 0 fully saturated rings. The first-order valence-corrected chi connectivity index (χ1v) is 7.03. The average molecular weight is 273 g/mol. The number of pyridine rings is 1. The Hall–Kier alpha value is -1.88. The zero-order valence-corrected chi connectivity index (χ0v) is 12.5. The van der Waals surface area contributed by atoms with Gasteiger partial charge in [-0.1, -0.05) is 13.0 Å². The first-order chi connectivity index (χ1) is 9.69. The molecule has 5 nitrogen and oxygen atoms in total. The van der Waals surface area contributed by atoms with Crippen molar-refractivity contribution in [1.29, 1.82) is 0 Å². The molecule has 0 unspecified atom stereocenters. The van der Waals surface area contributed by atoms with Crippen molar-refractivity contribution in [3.8, 4) is 0 Å². The van der Waals surface area contributed by atoms with Crippen molar-refractivity contribution in [3.63, 3.8) is 0 Å². The van der Waals surface area contributed by atoms with E-state index in [0.717, 1.165) is 31.9 Å². The van der Waals surface area contributed by atoms with E-state index in [2.05, 4.69) is 39.4 Å². The normalized spacial score (nSPS) is 10.8. The molecule has 0 aliphatic carbocycles. The van der Waals surface area contributed by atoms with Crippen molar-refractivity contribution >= 4 is 5.82 Å². The fourth-order valence-electron chi connectivity index (χ4n) is 2.06. The highest BCUT2D eigenvalue weighted by Gasteiger charge is 2.05. The Kier molecular flexibility index (Phi) is 5.12. The molecule has 2 rings (SSSR count). The average Bonchev–Trinajstić information content (AvgIpc) is 2.85. The second-order valence-corrected chi connectivity index (χ2v) is 5.08. The summed E-state index contributed by atoms with van der Waals surface area (Å²) >= 11 is 0. The number of nitrogens with one attached hydrogen (secondary N) is 1. The molecule has 1 N–H and O–H groups in total. The van der Waals surface area contributed by atoms with E-state index in [4.69, 9.17) is 0 Å². The summed E-state index contributed by atoms with van der Waals surface area (Å²) < 4.78 is 1.82. The molecule has 0 saturated heterocycles. The van der Waals surface area contributed by atoms with E-state index in [0.29, 0.717) is 0 Å². The Morgan fingerprint density at radius 3 is 2.70 bits per heavy atom. The van der Waals surface area contributed by atoms with E-state index in [9.17, 15) is 0 Å². The Morgan fingerprint density at radius 2 is 2.10 bits per heavy atom. The summed E-state index contributed by atoms with van der Waals surface area (Å²) in [5, 5.41) is 7.56. The molecule has 2 aromatic heterocycles. The Morgan fingerprint density at radius 1 is 1.25 bits per heavy atom. The van der Waals surface area contributed by atoms with E-state index in [-0.39, 0.29) is 0 Å². The molecule has 2 aromatic rings. The van der Waals surface area contributed by atoms with Gasteiger partial charge in [0.05, 0.1) is 6.20 Å². The zero-order chi connectivity index (χ0) is 14.4. The van der Waals surface area contributed by atoms with Crippen LogP contribution in [0.5, 0.6) is 0 Å². The van der Waals surface area contributed by atoms with Gasteiger partial charge in [0.1, 0.15) is 5.82 Å². The minimum atomic E-state index is 0.814. The van der Waals surface area contributed by atoms with Crippen molar-refractivity contribution in [3.05, 3.63) is 41.9 Å². The van der Waals surface area contributed by atoms with Crippen molar-refractivity contribution < 1.29 is 0 Å². The molecule has 2 heterocycles. The number of aryl methyl sites for hydroxylation is 1. The molecule has 0 radical (unpaired) electrons. The van der Waals surface area contributed by atoms with Crippen LogP contribution in [0.3, 0.4) is 0 Å². The van der Waals surface area contributed by atoms with Gasteiger partial charge in [-0.3, -0.25) is 4.68 Å². The summed E-state index contributed by atoms with van der Waals surface area (Å²) in [5.41, 5.74) is 2.41. The molecule has 0 aliphatic heterocycles. The zero-order valence-electron chi connectivity index (χ0n) is 12.5. The first kappa shape index (κ1) is 14.5. The maximum Gasteiger partial charge on any atom is 0.128 e. The lowest BCUT2D eigenvalue weighted by Crippen LogP contribution is -2.18. The molecular formula is C15H23N5. The van der Waals surface area contributed by atoms with Gasteiger partial charge in [-0.25, -0.2) is 4.98 Å². The van der Waals surface area contributed by atoms with Crippen LogP contribution >= 0.6 is 0 Å². The van der Waals surface area contributed by atoms with Crippen LogP contribution in [0, 0.1) is 0 Å². The lowest BCUT2D eigenvalue weighted by Gasteiger charge is -2.17. The van der Waals surface area contributed by atoms with E-state index in [1.54, 1.807) is 0 Å². The van der Waals surface area contributed by atoms with Crippen LogP contribution in [-0.2, 0) is 20.1 Å².